The maximum Gasteiger partial charge on any atom is 0.192 e. The van der Waals surface area contributed by atoms with Gasteiger partial charge in [-0.2, -0.15) is 0 Å². The molecule has 2 rings (SSSR count). The minimum Gasteiger partial charge on any atom is -0.414 e. The van der Waals surface area contributed by atoms with Crippen LogP contribution >= 0.6 is 0 Å². The van der Waals surface area contributed by atoms with Crippen LogP contribution in [0.4, 0.5) is 0 Å². The molecule has 0 saturated carbocycles. The smallest absolute Gasteiger partial charge is 0.192 e. The second-order valence-electron chi connectivity index (χ2n) is 8.20. The molecule has 1 aliphatic heterocycles. The van der Waals surface area contributed by atoms with E-state index in [0.717, 1.165) is 6.42 Å². The fourth-order valence-corrected chi connectivity index (χ4v) is 3.59. The van der Waals surface area contributed by atoms with Crippen LogP contribution in [0.2, 0.25) is 18.1 Å². The molecule has 1 aromatic rings. The van der Waals surface area contributed by atoms with Crippen molar-refractivity contribution in [1.82, 2.24) is 0 Å². The SMILES string of the molecule is CCOC1C[C@H](OCc2ccccc2)[C@@H](CO[Si](C)(C)C(C)(C)C)O1. The predicted octanol–water partition coefficient (Wildman–Crippen LogP) is 4.75. The Morgan fingerprint density at radius 3 is 2.40 bits per heavy atom. The molecule has 0 aromatic heterocycles. The molecule has 1 aromatic carbocycles. The molecule has 25 heavy (non-hydrogen) atoms. The van der Waals surface area contributed by atoms with E-state index in [1.807, 2.05) is 25.1 Å². The van der Waals surface area contributed by atoms with Crippen molar-refractivity contribution in [3.05, 3.63) is 35.9 Å². The maximum absolute atomic E-state index is 6.36. The molecule has 142 valence electrons. The van der Waals surface area contributed by atoms with Gasteiger partial charge in [-0.05, 0) is 30.6 Å². The molecular formula is C20H34O4Si. The van der Waals surface area contributed by atoms with Crippen molar-refractivity contribution in [2.75, 3.05) is 13.2 Å². The Kier molecular flexibility index (Phi) is 7.23. The standard InChI is InChI=1S/C20H34O4Si/c1-7-21-19-13-17(22-14-16-11-9-8-10-12-16)18(24-19)15-23-25(5,6)20(2,3)4/h8-12,17-19H,7,13-15H2,1-6H3/t17-,18+,19?/m0/s1. The third-order valence-electron chi connectivity index (χ3n) is 5.24. The second-order valence-corrected chi connectivity index (χ2v) is 13.0. The highest BCUT2D eigenvalue weighted by Crippen LogP contribution is 2.37. The molecule has 0 aliphatic carbocycles. The third-order valence-corrected chi connectivity index (χ3v) is 9.74. The van der Waals surface area contributed by atoms with Gasteiger partial charge < -0.3 is 18.6 Å². The lowest BCUT2D eigenvalue weighted by Crippen LogP contribution is -2.44. The Morgan fingerprint density at radius 2 is 1.80 bits per heavy atom. The molecule has 3 atom stereocenters. The Labute approximate surface area is 153 Å². The van der Waals surface area contributed by atoms with Crippen LogP contribution in [0.15, 0.2) is 30.3 Å². The lowest BCUT2D eigenvalue weighted by Gasteiger charge is -2.37. The summed E-state index contributed by atoms with van der Waals surface area (Å²) >= 11 is 0. The first kappa shape index (κ1) is 20.6. The van der Waals surface area contributed by atoms with Gasteiger partial charge in [-0.3, -0.25) is 0 Å². The van der Waals surface area contributed by atoms with Crippen LogP contribution in [-0.4, -0.2) is 40.0 Å². The average molecular weight is 367 g/mol. The molecule has 1 aliphatic rings. The monoisotopic (exact) mass is 366 g/mol. The van der Waals surface area contributed by atoms with Gasteiger partial charge in [-0.15, -0.1) is 0 Å². The van der Waals surface area contributed by atoms with Crippen LogP contribution in [0.25, 0.3) is 0 Å². The number of hydrogen-bond acceptors (Lipinski definition) is 4. The summed E-state index contributed by atoms with van der Waals surface area (Å²) in [6.45, 7) is 15.1. The summed E-state index contributed by atoms with van der Waals surface area (Å²) in [5.41, 5.74) is 1.17. The zero-order valence-electron chi connectivity index (χ0n) is 16.6. The van der Waals surface area contributed by atoms with Gasteiger partial charge in [0.15, 0.2) is 14.6 Å². The zero-order chi connectivity index (χ0) is 18.5. The van der Waals surface area contributed by atoms with E-state index >= 15 is 0 Å². The molecule has 1 unspecified atom stereocenters. The Morgan fingerprint density at radius 1 is 1.12 bits per heavy atom. The molecule has 4 nitrogen and oxygen atoms in total. The van der Waals surface area contributed by atoms with Gasteiger partial charge in [0.25, 0.3) is 0 Å². The van der Waals surface area contributed by atoms with Gasteiger partial charge in [-0.1, -0.05) is 51.1 Å². The summed E-state index contributed by atoms with van der Waals surface area (Å²) in [5, 5.41) is 0.186. The lowest BCUT2D eigenvalue weighted by atomic mass is 10.2. The van der Waals surface area contributed by atoms with Crippen molar-refractivity contribution in [1.29, 1.82) is 0 Å². The van der Waals surface area contributed by atoms with Crippen LogP contribution in [0, 0.1) is 0 Å². The van der Waals surface area contributed by atoms with Gasteiger partial charge in [0.1, 0.15) is 6.10 Å². The van der Waals surface area contributed by atoms with E-state index in [0.29, 0.717) is 19.8 Å². The Balaban J connectivity index is 1.94. The molecule has 1 fully saturated rings. The molecule has 0 N–H and O–H groups in total. The molecule has 0 amide bonds. The van der Waals surface area contributed by atoms with Crippen molar-refractivity contribution in [3.63, 3.8) is 0 Å². The predicted molar refractivity (Wildman–Crippen MR) is 103 cm³/mol. The normalized spacial score (nSPS) is 24.6. The summed E-state index contributed by atoms with van der Waals surface area (Å²) in [7, 11) is -1.81. The maximum atomic E-state index is 6.36. The summed E-state index contributed by atoms with van der Waals surface area (Å²) in [4.78, 5) is 0. The number of rotatable bonds is 8. The van der Waals surface area contributed by atoms with Crippen LogP contribution in [0.3, 0.4) is 0 Å². The topological polar surface area (TPSA) is 36.9 Å². The van der Waals surface area contributed by atoms with Crippen molar-refractivity contribution >= 4 is 8.32 Å². The van der Waals surface area contributed by atoms with E-state index in [9.17, 15) is 0 Å². The third kappa shape index (κ3) is 5.90. The van der Waals surface area contributed by atoms with Gasteiger partial charge in [-0.25, -0.2) is 0 Å². The van der Waals surface area contributed by atoms with E-state index < -0.39 is 8.32 Å². The summed E-state index contributed by atoms with van der Waals surface area (Å²) in [5.74, 6) is 0. The average Bonchev–Trinajstić information content (AvgIpc) is 2.93. The highest BCUT2D eigenvalue weighted by Gasteiger charge is 2.41. The van der Waals surface area contributed by atoms with Crippen molar-refractivity contribution < 1.29 is 18.6 Å². The molecule has 1 saturated heterocycles. The first-order chi connectivity index (χ1) is 11.7. The molecule has 0 radical (unpaired) electrons. The molecular weight excluding hydrogens is 332 g/mol. The van der Waals surface area contributed by atoms with Gasteiger partial charge in [0.2, 0.25) is 0 Å². The van der Waals surface area contributed by atoms with E-state index in [1.54, 1.807) is 0 Å². The highest BCUT2D eigenvalue weighted by molar-refractivity contribution is 6.74. The van der Waals surface area contributed by atoms with Gasteiger partial charge in [0.05, 0.1) is 19.3 Å². The Bertz CT molecular complexity index is 512. The highest BCUT2D eigenvalue weighted by atomic mass is 28.4. The van der Waals surface area contributed by atoms with E-state index in [4.69, 9.17) is 18.6 Å². The van der Waals surface area contributed by atoms with Crippen LogP contribution in [-0.2, 0) is 25.2 Å². The van der Waals surface area contributed by atoms with Crippen LogP contribution in [0.1, 0.15) is 39.7 Å². The van der Waals surface area contributed by atoms with E-state index in [-0.39, 0.29) is 23.5 Å². The first-order valence-corrected chi connectivity index (χ1v) is 12.2. The van der Waals surface area contributed by atoms with Gasteiger partial charge in [0, 0.05) is 13.0 Å². The molecule has 1 heterocycles. The Hall–Kier alpha value is -0.723. The molecule has 5 heteroatoms. The lowest BCUT2D eigenvalue weighted by molar-refractivity contribution is -0.141. The summed E-state index contributed by atoms with van der Waals surface area (Å²) in [6, 6.07) is 10.2. The van der Waals surface area contributed by atoms with Crippen molar-refractivity contribution in [3.8, 4) is 0 Å². The van der Waals surface area contributed by atoms with Crippen molar-refractivity contribution in [2.45, 2.75) is 77.4 Å². The molecule has 0 bridgehead atoms. The largest absolute Gasteiger partial charge is 0.414 e. The number of benzene rings is 1. The summed E-state index contributed by atoms with van der Waals surface area (Å²) in [6.07, 6.45) is 0.487. The first-order valence-electron chi connectivity index (χ1n) is 9.29. The number of hydrogen-bond donors (Lipinski definition) is 0. The minimum atomic E-state index is -1.81. The van der Waals surface area contributed by atoms with Crippen LogP contribution in [0.5, 0.6) is 0 Å². The van der Waals surface area contributed by atoms with E-state index in [1.165, 1.54) is 5.56 Å². The molecule has 0 spiro atoms. The van der Waals surface area contributed by atoms with Crippen molar-refractivity contribution in [2.24, 2.45) is 0 Å². The summed E-state index contributed by atoms with van der Waals surface area (Å²) < 4.78 is 24.3. The number of ether oxygens (including phenoxy) is 3. The fourth-order valence-electron chi connectivity index (χ4n) is 2.58. The minimum absolute atomic E-state index is 0.00141. The second kappa shape index (κ2) is 8.78. The zero-order valence-corrected chi connectivity index (χ0v) is 17.6. The van der Waals surface area contributed by atoms with Crippen LogP contribution < -0.4 is 0 Å². The quantitative estimate of drug-likeness (QED) is 0.623. The van der Waals surface area contributed by atoms with E-state index in [2.05, 4.69) is 46.0 Å². The van der Waals surface area contributed by atoms with Gasteiger partial charge >= 0.3 is 0 Å². The fraction of sp³-hybridized carbons (Fsp3) is 0.700.